The highest BCUT2D eigenvalue weighted by Gasteiger charge is 2.64. The van der Waals surface area contributed by atoms with Crippen LogP contribution in [0.25, 0.3) is 0 Å². The second-order valence-corrected chi connectivity index (χ2v) is 18.7. The Morgan fingerprint density at radius 3 is 1.65 bits per heavy atom. The molecule has 1 fully saturated rings. The summed E-state index contributed by atoms with van der Waals surface area (Å²) in [5.74, 6) is 0. The van der Waals surface area contributed by atoms with Gasteiger partial charge in [-0.1, -0.05) is 30.4 Å². The molecule has 1 aliphatic heterocycles. The van der Waals surface area contributed by atoms with Crippen LogP contribution in [0.2, 0.25) is 24.2 Å². The van der Waals surface area contributed by atoms with Crippen LogP contribution in [-0.2, 0) is 4.43 Å². The van der Waals surface area contributed by atoms with Crippen molar-refractivity contribution in [2.75, 3.05) is 0 Å². The number of aliphatic hydroxyl groups is 2. The molecule has 1 saturated heterocycles. The van der Waals surface area contributed by atoms with Crippen molar-refractivity contribution in [2.24, 2.45) is 0 Å². The van der Waals surface area contributed by atoms with Crippen LogP contribution in [0.4, 0.5) is 0 Å². The lowest BCUT2D eigenvalue weighted by Crippen LogP contribution is -2.78. The molecule has 1 rings (SSSR count). The summed E-state index contributed by atoms with van der Waals surface area (Å²) in [6, 6.07) is 2.88. The summed E-state index contributed by atoms with van der Waals surface area (Å²) in [6.07, 6.45) is 8.44. The minimum Gasteiger partial charge on any atom is -0.413 e. The smallest absolute Gasteiger partial charge is 0.191 e. The largest absolute Gasteiger partial charge is 0.413 e. The zero-order valence-corrected chi connectivity index (χ0v) is 16.0. The van der Waals surface area contributed by atoms with E-state index in [0.29, 0.717) is 18.5 Å². The van der Waals surface area contributed by atoms with Crippen LogP contribution in [0.1, 0.15) is 6.42 Å². The van der Waals surface area contributed by atoms with Crippen molar-refractivity contribution in [2.45, 2.75) is 48.5 Å². The van der Waals surface area contributed by atoms with Crippen LogP contribution < -0.4 is 0 Å². The topological polar surface area (TPSA) is 49.7 Å². The van der Waals surface area contributed by atoms with E-state index < -0.39 is 33.4 Å². The number of hydrogen-bond donors (Lipinski definition) is 2. The van der Waals surface area contributed by atoms with Crippen LogP contribution in [0, 0.1) is 0 Å². The SMILES string of the molecule is C=CCC1O[Si](CC=C)(CC=C)[Si](CC=C)(CC=C)C(O)C1O. The molecule has 0 saturated carbocycles. The second kappa shape index (κ2) is 8.75. The van der Waals surface area contributed by atoms with Crippen molar-refractivity contribution in [3.05, 3.63) is 63.3 Å². The molecule has 128 valence electrons. The lowest BCUT2D eigenvalue weighted by atomic mass is 10.1. The Bertz CT molecular complexity index is 441. The van der Waals surface area contributed by atoms with Crippen molar-refractivity contribution in [3.8, 4) is 0 Å². The molecule has 0 aliphatic carbocycles. The molecule has 3 atom stereocenters. The van der Waals surface area contributed by atoms with Gasteiger partial charge in [-0.25, -0.2) is 0 Å². The third-order valence-electron chi connectivity index (χ3n) is 4.92. The van der Waals surface area contributed by atoms with Gasteiger partial charge in [0.05, 0.1) is 11.8 Å². The van der Waals surface area contributed by atoms with E-state index in [0.717, 1.165) is 12.1 Å². The fourth-order valence-corrected chi connectivity index (χ4v) is 20.6. The molecule has 0 aromatic rings. The van der Waals surface area contributed by atoms with Crippen LogP contribution in [0.15, 0.2) is 63.3 Å². The predicted molar refractivity (Wildman–Crippen MR) is 103 cm³/mol. The highest BCUT2D eigenvalue weighted by molar-refractivity contribution is 7.41. The van der Waals surface area contributed by atoms with E-state index >= 15 is 0 Å². The average molecular weight is 351 g/mol. The summed E-state index contributed by atoms with van der Waals surface area (Å²) in [4.78, 5) is 0. The van der Waals surface area contributed by atoms with Gasteiger partial charge in [-0.15, -0.1) is 32.9 Å². The Morgan fingerprint density at radius 1 is 0.783 bits per heavy atom. The van der Waals surface area contributed by atoms with Gasteiger partial charge in [0.2, 0.25) is 0 Å². The molecule has 3 unspecified atom stereocenters. The standard InChI is InChI=1S/C18H30O3Si2/c1-6-11-16-17(19)18(20)22(12-7-2,13-8-3)23(21-16,14-9-4)15-10-5/h6-10,16-20H,1-5,11-15H2. The third-order valence-corrected chi connectivity index (χ3v) is 22.0. The van der Waals surface area contributed by atoms with Crippen LogP contribution in [0.5, 0.6) is 0 Å². The van der Waals surface area contributed by atoms with Gasteiger partial charge in [-0.05, 0) is 30.6 Å². The predicted octanol–water partition coefficient (Wildman–Crippen LogP) is 3.44. The fraction of sp³-hybridized carbons (Fsp3) is 0.444. The Kier molecular flexibility index (Phi) is 7.63. The summed E-state index contributed by atoms with van der Waals surface area (Å²) < 4.78 is 6.58. The average Bonchev–Trinajstić information content (AvgIpc) is 2.52. The lowest BCUT2D eigenvalue weighted by molar-refractivity contribution is -0.0329. The monoisotopic (exact) mass is 350 g/mol. The molecule has 23 heavy (non-hydrogen) atoms. The van der Waals surface area contributed by atoms with E-state index in [1.807, 2.05) is 24.3 Å². The van der Waals surface area contributed by atoms with Crippen molar-refractivity contribution in [3.63, 3.8) is 0 Å². The zero-order valence-electron chi connectivity index (χ0n) is 14.0. The Morgan fingerprint density at radius 2 is 1.26 bits per heavy atom. The van der Waals surface area contributed by atoms with E-state index in [2.05, 4.69) is 32.9 Å². The van der Waals surface area contributed by atoms with Gasteiger partial charge in [0, 0.05) is 0 Å². The van der Waals surface area contributed by atoms with E-state index in [1.54, 1.807) is 6.08 Å². The number of hydrogen-bond acceptors (Lipinski definition) is 3. The van der Waals surface area contributed by atoms with Gasteiger partial charge >= 0.3 is 0 Å². The molecule has 0 spiro atoms. The minimum atomic E-state index is -2.43. The van der Waals surface area contributed by atoms with Crippen molar-refractivity contribution >= 4 is 15.4 Å². The van der Waals surface area contributed by atoms with Gasteiger partial charge in [0.25, 0.3) is 0 Å². The van der Waals surface area contributed by atoms with Crippen LogP contribution >= 0.6 is 0 Å². The van der Waals surface area contributed by atoms with Gasteiger partial charge in [-0.2, -0.15) is 0 Å². The van der Waals surface area contributed by atoms with E-state index in [4.69, 9.17) is 4.43 Å². The van der Waals surface area contributed by atoms with E-state index in [9.17, 15) is 10.2 Å². The number of rotatable bonds is 10. The quantitative estimate of drug-likeness (QED) is 0.469. The Labute approximate surface area is 142 Å². The van der Waals surface area contributed by atoms with Crippen LogP contribution in [0.3, 0.4) is 0 Å². The first-order valence-corrected chi connectivity index (χ1v) is 13.9. The second-order valence-electron chi connectivity index (χ2n) is 6.24. The van der Waals surface area contributed by atoms with Crippen molar-refractivity contribution in [1.29, 1.82) is 0 Å². The van der Waals surface area contributed by atoms with Crippen molar-refractivity contribution < 1.29 is 14.6 Å². The molecular formula is C18H30O3Si2. The fourth-order valence-electron chi connectivity index (χ4n) is 3.89. The summed E-state index contributed by atoms with van der Waals surface area (Å²) in [5.41, 5.74) is -0.760. The third kappa shape index (κ3) is 3.59. The molecule has 0 bridgehead atoms. The molecule has 0 radical (unpaired) electrons. The summed E-state index contributed by atoms with van der Waals surface area (Å²) in [6.45, 7) is 19.3. The maximum Gasteiger partial charge on any atom is 0.191 e. The summed E-state index contributed by atoms with van der Waals surface area (Å²) in [5, 5.41) is 21.7. The number of aliphatic hydroxyl groups excluding tert-OH is 2. The molecule has 5 heteroatoms. The van der Waals surface area contributed by atoms with Gasteiger partial charge in [-0.3, -0.25) is 0 Å². The molecule has 1 heterocycles. The van der Waals surface area contributed by atoms with Crippen molar-refractivity contribution in [1.82, 2.24) is 0 Å². The van der Waals surface area contributed by atoms with Gasteiger partial charge < -0.3 is 14.6 Å². The molecule has 0 aromatic carbocycles. The first kappa shape index (κ1) is 20.1. The zero-order chi connectivity index (χ0) is 17.5. The normalized spacial score (nSPS) is 28.5. The molecule has 2 N–H and O–H groups in total. The summed E-state index contributed by atoms with van der Waals surface area (Å²) >= 11 is 0. The maximum atomic E-state index is 11.1. The van der Waals surface area contributed by atoms with Gasteiger partial charge in [0.1, 0.15) is 13.7 Å². The highest BCUT2D eigenvalue weighted by Crippen LogP contribution is 2.44. The molecule has 1 aliphatic rings. The van der Waals surface area contributed by atoms with E-state index in [1.165, 1.54) is 0 Å². The van der Waals surface area contributed by atoms with Gasteiger partial charge in [0.15, 0.2) is 7.83 Å². The first-order valence-electron chi connectivity index (χ1n) is 8.07. The minimum absolute atomic E-state index is 0.413. The van der Waals surface area contributed by atoms with Crippen LogP contribution in [-0.4, -0.2) is 43.6 Å². The molecule has 3 nitrogen and oxygen atoms in total. The first-order chi connectivity index (χ1) is 11.0. The summed E-state index contributed by atoms with van der Waals surface area (Å²) in [7, 11) is -4.84. The molecule has 0 amide bonds. The maximum absolute atomic E-state index is 11.1. The molecular weight excluding hydrogens is 320 g/mol. The molecule has 0 aromatic heterocycles. The van der Waals surface area contributed by atoms with E-state index in [-0.39, 0.29) is 0 Å². The number of allylic oxidation sites excluding steroid dienone is 4. The Hall–Kier alpha value is -0.986. The highest BCUT2D eigenvalue weighted by atomic mass is 29.3. The Balaban J connectivity index is 3.50. The lowest BCUT2D eigenvalue weighted by Gasteiger charge is -2.56.